The Bertz CT molecular complexity index is 797. The average Bonchev–Trinajstić information content (AvgIpc) is 3.24. The van der Waals surface area contributed by atoms with E-state index in [-0.39, 0.29) is 5.41 Å². The number of fused-ring (bicyclic) bond motifs is 2. The molecule has 0 radical (unpaired) electrons. The summed E-state index contributed by atoms with van der Waals surface area (Å²) in [6, 6.07) is 12.8. The van der Waals surface area contributed by atoms with Crippen molar-refractivity contribution in [1.82, 2.24) is 4.90 Å². The molecule has 1 amide bonds. The van der Waals surface area contributed by atoms with Gasteiger partial charge in [-0.05, 0) is 49.6 Å². The lowest BCUT2D eigenvalue weighted by molar-refractivity contribution is -0.122. The van der Waals surface area contributed by atoms with Crippen molar-refractivity contribution in [2.75, 3.05) is 24.5 Å². The normalized spacial score (nSPS) is 23.2. The first-order valence-electron chi connectivity index (χ1n) is 9.19. The van der Waals surface area contributed by atoms with Gasteiger partial charge in [0, 0.05) is 35.1 Å². The van der Waals surface area contributed by atoms with E-state index >= 15 is 0 Å². The van der Waals surface area contributed by atoms with Crippen molar-refractivity contribution >= 4 is 22.9 Å². The van der Waals surface area contributed by atoms with Crippen LogP contribution in [0, 0.1) is 12.8 Å². The predicted octanol–water partition coefficient (Wildman–Crippen LogP) is 4.20. The van der Waals surface area contributed by atoms with Gasteiger partial charge < -0.3 is 4.90 Å². The minimum absolute atomic E-state index is 0.312. The fourth-order valence-corrected chi connectivity index (χ4v) is 5.28. The van der Waals surface area contributed by atoms with Crippen molar-refractivity contribution in [1.29, 1.82) is 0 Å². The summed E-state index contributed by atoms with van der Waals surface area (Å²) >= 11 is 1.86. The van der Waals surface area contributed by atoms with Crippen LogP contribution in [0.5, 0.6) is 0 Å². The maximum atomic E-state index is 13.4. The van der Waals surface area contributed by atoms with Crippen LogP contribution in [-0.4, -0.2) is 30.4 Å². The van der Waals surface area contributed by atoms with Crippen molar-refractivity contribution in [3.63, 3.8) is 0 Å². The van der Waals surface area contributed by atoms with E-state index < -0.39 is 0 Å². The molecular weight excluding hydrogens is 328 g/mol. The minimum Gasteiger partial charge on any atom is -0.311 e. The highest BCUT2D eigenvalue weighted by molar-refractivity contribution is 7.11. The van der Waals surface area contributed by atoms with Crippen LogP contribution in [-0.2, 0) is 16.8 Å². The van der Waals surface area contributed by atoms with E-state index in [0.29, 0.717) is 11.8 Å². The van der Waals surface area contributed by atoms with Crippen LogP contribution in [0.2, 0.25) is 0 Å². The number of likely N-dealkylation sites (tertiary alicyclic amines) is 1. The molecule has 0 bridgehead atoms. The number of rotatable bonds is 4. The molecular formula is C21H26N2OS. The first kappa shape index (κ1) is 16.8. The van der Waals surface area contributed by atoms with E-state index in [1.54, 1.807) is 0 Å². The molecule has 4 rings (SSSR count). The molecule has 0 aliphatic carbocycles. The Labute approximate surface area is 154 Å². The van der Waals surface area contributed by atoms with E-state index in [9.17, 15) is 4.79 Å². The molecule has 0 unspecified atom stereocenters. The maximum Gasteiger partial charge on any atom is 0.239 e. The van der Waals surface area contributed by atoms with Crippen molar-refractivity contribution in [2.45, 2.75) is 39.2 Å². The van der Waals surface area contributed by atoms with Crippen LogP contribution in [0.1, 0.15) is 35.6 Å². The Hall–Kier alpha value is -1.65. The molecule has 132 valence electrons. The van der Waals surface area contributed by atoms with Gasteiger partial charge in [-0.2, -0.15) is 0 Å². The molecule has 4 heteroatoms. The van der Waals surface area contributed by atoms with Crippen molar-refractivity contribution in [3.05, 3.63) is 51.7 Å². The minimum atomic E-state index is -0.336. The SMILES string of the molecule is Cc1ccc(CN2CC[C@]3(C2)C(=O)N(CC(C)C)c2ccccc23)s1. The van der Waals surface area contributed by atoms with Gasteiger partial charge in [0.05, 0.1) is 5.41 Å². The highest BCUT2D eigenvalue weighted by Crippen LogP contribution is 2.47. The molecule has 3 nitrogen and oxygen atoms in total. The monoisotopic (exact) mass is 354 g/mol. The van der Waals surface area contributed by atoms with E-state index in [0.717, 1.165) is 38.3 Å². The molecule has 1 atom stereocenters. The summed E-state index contributed by atoms with van der Waals surface area (Å²) in [7, 11) is 0. The second kappa shape index (κ2) is 6.26. The summed E-state index contributed by atoms with van der Waals surface area (Å²) in [4.78, 5) is 20.7. The lowest BCUT2D eigenvalue weighted by atomic mass is 9.81. The molecule has 25 heavy (non-hydrogen) atoms. The Morgan fingerprint density at radius 1 is 1.20 bits per heavy atom. The molecule has 0 N–H and O–H groups in total. The van der Waals surface area contributed by atoms with Gasteiger partial charge in [-0.1, -0.05) is 32.0 Å². The van der Waals surface area contributed by atoms with E-state index in [2.05, 4.69) is 62.1 Å². The zero-order chi connectivity index (χ0) is 17.6. The van der Waals surface area contributed by atoms with Gasteiger partial charge in [-0.15, -0.1) is 11.3 Å². The summed E-state index contributed by atoms with van der Waals surface area (Å²) in [5.41, 5.74) is 2.04. The molecule has 1 spiro atoms. The van der Waals surface area contributed by atoms with Crippen molar-refractivity contribution in [2.24, 2.45) is 5.92 Å². The molecule has 2 aliphatic rings. The summed E-state index contributed by atoms with van der Waals surface area (Å²) in [5, 5.41) is 0. The molecule has 1 aromatic carbocycles. The summed E-state index contributed by atoms with van der Waals surface area (Å²) in [6.45, 7) is 10.1. The number of thiophene rings is 1. The Morgan fingerprint density at radius 2 is 2.00 bits per heavy atom. The zero-order valence-electron chi connectivity index (χ0n) is 15.3. The second-order valence-corrected chi connectivity index (χ2v) is 9.25. The van der Waals surface area contributed by atoms with Crippen molar-refractivity contribution in [3.8, 4) is 0 Å². The number of para-hydroxylation sites is 1. The molecule has 3 heterocycles. The molecule has 2 aliphatic heterocycles. The Balaban J connectivity index is 1.62. The second-order valence-electron chi connectivity index (χ2n) is 7.88. The summed E-state index contributed by atoms with van der Waals surface area (Å²) in [5.74, 6) is 0.783. The van der Waals surface area contributed by atoms with Crippen LogP contribution >= 0.6 is 11.3 Å². The summed E-state index contributed by atoms with van der Waals surface area (Å²) < 4.78 is 0. The topological polar surface area (TPSA) is 23.6 Å². The number of benzene rings is 1. The fraction of sp³-hybridized carbons (Fsp3) is 0.476. The average molecular weight is 355 g/mol. The van der Waals surface area contributed by atoms with Gasteiger partial charge in [0.2, 0.25) is 5.91 Å². The number of aryl methyl sites for hydroxylation is 1. The summed E-state index contributed by atoms with van der Waals surface area (Å²) in [6.07, 6.45) is 0.932. The maximum absolute atomic E-state index is 13.4. The van der Waals surface area contributed by atoms with Crippen LogP contribution < -0.4 is 4.90 Å². The molecule has 1 fully saturated rings. The third kappa shape index (κ3) is 2.81. The Kier molecular flexibility index (Phi) is 4.20. The number of carbonyl (C=O) groups is 1. The highest BCUT2D eigenvalue weighted by Gasteiger charge is 2.54. The third-order valence-corrected chi connectivity index (χ3v) is 6.42. The highest BCUT2D eigenvalue weighted by atomic mass is 32.1. The van der Waals surface area contributed by atoms with E-state index in [4.69, 9.17) is 0 Å². The van der Waals surface area contributed by atoms with Gasteiger partial charge in [-0.25, -0.2) is 0 Å². The van der Waals surface area contributed by atoms with Crippen LogP contribution in [0.4, 0.5) is 5.69 Å². The van der Waals surface area contributed by atoms with Gasteiger partial charge in [0.1, 0.15) is 0 Å². The number of hydrogen-bond donors (Lipinski definition) is 0. The lowest BCUT2D eigenvalue weighted by Gasteiger charge is -2.25. The fourth-order valence-electron chi connectivity index (χ4n) is 4.35. The zero-order valence-corrected chi connectivity index (χ0v) is 16.1. The van der Waals surface area contributed by atoms with Gasteiger partial charge in [-0.3, -0.25) is 9.69 Å². The number of anilines is 1. The quantitative estimate of drug-likeness (QED) is 0.821. The number of nitrogens with zero attached hydrogens (tertiary/aromatic N) is 2. The first-order chi connectivity index (χ1) is 12.0. The standard InChI is InChI=1S/C21H26N2OS/c1-15(2)12-23-19-7-5-4-6-18(19)21(20(23)24)10-11-22(14-21)13-17-9-8-16(3)25-17/h4-9,15H,10-14H2,1-3H3/t21-/m1/s1. The number of carbonyl (C=O) groups excluding carboxylic acids is 1. The lowest BCUT2D eigenvalue weighted by Crippen LogP contribution is -2.43. The predicted molar refractivity (Wildman–Crippen MR) is 104 cm³/mol. The van der Waals surface area contributed by atoms with E-state index in [1.807, 2.05) is 16.2 Å². The van der Waals surface area contributed by atoms with Gasteiger partial charge in [0.15, 0.2) is 0 Å². The molecule has 2 aromatic rings. The van der Waals surface area contributed by atoms with Crippen LogP contribution in [0.25, 0.3) is 0 Å². The largest absolute Gasteiger partial charge is 0.311 e. The smallest absolute Gasteiger partial charge is 0.239 e. The van der Waals surface area contributed by atoms with Crippen LogP contribution in [0.15, 0.2) is 36.4 Å². The van der Waals surface area contributed by atoms with Gasteiger partial charge >= 0.3 is 0 Å². The first-order valence-corrected chi connectivity index (χ1v) is 10.0. The third-order valence-electron chi connectivity index (χ3n) is 5.44. The Morgan fingerprint density at radius 3 is 2.72 bits per heavy atom. The molecule has 1 saturated heterocycles. The van der Waals surface area contributed by atoms with Gasteiger partial charge in [0.25, 0.3) is 0 Å². The van der Waals surface area contributed by atoms with Crippen LogP contribution in [0.3, 0.4) is 0 Å². The van der Waals surface area contributed by atoms with E-state index in [1.165, 1.54) is 15.3 Å². The molecule has 0 saturated carbocycles. The number of amides is 1. The molecule has 1 aromatic heterocycles. The van der Waals surface area contributed by atoms with Crippen molar-refractivity contribution < 1.29 is 4.79 Å². The number of hydrogen-bond acceptors (Lipinski definition) is 3.